The fourth-order valence-electron chi connectivity index (χ4n) is 2.26. The number of nitrogens with zero attached hydrogens (tertiary/aromatic N) is 4. The Labute approximate surface area is 117 Å². The second-order valence-electron chi connectivity index (χ2n) is 4.94. The van der Waals surface area contributed by atoms with E-state index < -0.39 is 0 Å². The van der Waals surface area contributed by atoms with Gasteiger partial charge in [0, 0.05) is 27.2 Å². The van der Waals surface area contributed by atoms with Gasteiger partial charge in [-0.25, -0.2) is 4.79 Å². The molecule has 0 N–H and O–H groups in total. The van der Waals surface area contributed by atoms with E-state index in [2.05, 4.69) is 10.1 Å². The van der Waals surface area contributed by atoms with Gasteiger partial charge in [-0.3, -0.25) is 0 Å². The van der Waals surface area contributed by atoms with Gasteiger partial charge in [0.25, 0.3) is 0 Å². The maximum atomic E-state index is 12.0. The maximum absolute atomic E-state index is 12.0. The third-order valence-electron chi connectivity index (χ3n) is 3.18. The summed E-state index contributed by atoms with van der Waals surface area (Å²) in [6.07, 6.45) is 3.98. The molecule has 0 saturated carbocycles. The van der Waals surface area contributed by atoms with Crippen molar-refractivity contribution < 1.29 is 9.32 Å². The van der Waals surface area contributed by atoms with Gasteiger partial charge in [0.2, 0.25) is 5.89 Å². The third-order valence-corrected chi connectivity index (χ3v) is 3.73. The summed E-state index contributed by atoms with van der Waals surface area (Å²) in [6, 6.07) is 0.0496. The molecule has 2 amide bonds. The van der Waals surface area contributed by atoms with Crippen LogP contribution in [-0.4, -0.2) is 59.4 Å². The molecule has 106 valence electrons. The molecule has 1 aliphatic heterocycles. The zero-order valence-electron chi connectivity index (χ0n) is 11.6. The van der Waals surface area contributed by atoms with E-state index in [4.69, 9.17) is 4.52 Å². The molecule has 1 aliphatic rings. The van der Waals surface area contributed by atoms with Crippen LogP contribution < -0.4 is 0 Å². The minimum Gasteiger partial charge on any atom is -0.339 e. The molecule has 0 aromatic carbocycles. The molecule has 0 bridgehead atoms. The number of thioether (sulfide) groups is 1. The molecule has 1 aromatic rings. The van der Waals surface area contributed by atoms with Gasteiger partial charge in [0.1, 0.15) is 0 Å². The lowest BCUT2D eigenvalue weighted by molar-refractivity contribution is 0.149. The van der Waals surface area contributed by atoms with Gasteiger partial charge in [-0.1, -0.05) is 5.16 Å². The number of amides is 2. The van der Waals surface area contributed by atoms with Crippen molar-refractivity contribution in [3.63, 3.8) is 0 Å². The summed E-state index contributed by atoms with van der Waals surface area (Å²) in [4.78, 5) is 19.8. The van der Waals surface area contributed by atoms with Crippen LogP contribution in [0, 0.1) is 0 Å². The first-order valence-corrected chi connectivity index (χ1v) is 7.79. The van der Waals surface area contributed by atoms with E-state index in [-0.39, 0.29) is 11.9 Å². The lowest BCUT2D eigenvalue weighted by Gasteiger charge is -2.32. The quantitative estimate of drug-likeness (QED) is 0.847. The Hall–Kier alpha value is -1.24. The lowest BCUT2D eigenvalue weighted by atomic mass is 9.98. The summed E-state index contributed by atoms with van der Waals surface area (Å²) in [5, 5.41) is 3.97. The minimum atomic E-state index is 0.0496. The van der Waals surface area contributed by atoms with Crippen molar-refractivity contribution in [2.75, 3.05) is 33.4 Å². The number of likely N-dealkylation sites (tertiary alicyclic amines) is 1. The van der Waals surface area contributed by atoms with Crippen LogP contribution in [0.4, 0.5) is 4.79 Å². The van der Waals surface area contributed by atoms with Crippen LogP contribution in [0.25, 0.3) is 0 Å². The Morgan fingerprint density at radius 2 is 2.37 bits per heavy atom. The van der Waals surface area contributed by atoms with Crippen molar-refractivity contribution in [1.82, 2.24) is 19.9 Å². The number of hydrogen-bond donors (Lipinski definition) is 0. The predicted octanol–water partition coefficient (Wildman–Crippen LogP) is 1.79. The highest BCUT2D eigenvalue weighted by Crippen LogP contribution is 2.26. The number of rotatable bonds is 3. The van der Waals surface area contributed by atoms with E-state index in [1.807, 2.05) is 11.2 Å². The third kappa shape index (κ3) is 3.40. The van der Waals surface area contributed by atoms with Gasteiger partial charge < -0.3 is 14.3 Å². The summed E-state index contributed by atoms with van der Waals surface area (Å²) >= 11 is 1.67. The molecule has 0 radical (unpaired) electrons. The molecule has 19 heavy (non-hydrogen) atoms. The van der Waals surface area contributed by atoms with Gasteiger partial charge >= 0.3 is 6.03 Å². The normalized spacial score (nSPS) is 19.5. The Morgan fingerprint density at radius 3 is 3.05 bits per heavy atom. The first kappa shape index (κ1) is 14.2. The van der Waals surface area contributed by atoms with E-state index in [1.165, 1.54) is 0 Å². The topological polar surface area (TPSA) is 62.5 Å². The largest absolute Gasteiger partial charge is 0.339 e. The smallest absolute Gasteiger partial charge is 0.319 e. The van der Waals surface area contributed by atoms with Crippen molar-refractivity contribution in [2.45, 2.75) is 24.5 Å². The fourth-order valence-corrected chi connectivity index (χ4v) is 2.63. The van der Waals surface area contributed by atoms with Crippen molar-refractivity contribution >= 4 is 17.8 Å². The Bertz CT molecular complexity index is 435. The Balaban J connectivity index is 2.01. The van der Waals surface area contributed by atoms with Gasteiger partial charge in [0.05, 0.1) is 11.7 Å². The van der Waals surface area contributed by atoms with Crippen molar-refractivity contribution in [1.29, 1.82) is 0 Å². The van der Waals surface area contributed by atoms with E-state index in [9.17, 15) is 4.79 Å². The average molecular weight is 284 g/mol. The second kappa shape index (κ2) is 6.27. The number of carbonyl (C=O) groups is 1. The molecule has 2 rings (SSSR count). The predicted molar refractivity (Wildman–Crippen MR) is 74.1 cm³/mol. The summed E-state index contributed by atoms with van der Waals surface area (Å²) in [7, 11) is 3.55. The van der Waals surface area contributed by atoms with Crippen LogP contribution in [0.5, 0.6) is 0 Å². The highest BCUT2D eigenvalue weighted by atomic mass is 32.2. The van der Waals surface area contributed by atoms with E-state index in [1.54, 1.807) is 30.8 Å². The summed E-state index contributed by atoms with van der Waals surface area (Å²) in [5.74, 6) is 2.33. The zero-order chi connectivity index (χ0) is 13.8. The van der Waals surface area contributed by atoms with E-state index >= 15 is 0 Å². The number of piperidine rings is 1. The standard InChI is InChI=1S/C12H20N4O2S/c1-15(2)12(17)16-6-4-5-9(7-16)11-13-10(8-19-3)14-18-11/h9H,4-8H2,1-3H3. The molecule has 1 fully saturated rings. The maximum Gasteiger partial charge on any atom is 0.319 e. The van der Waals surface area contributed by atoms with Gasteiger partial charge in [-0.2, -0.15) is 16.7 Å². The molecule has 1 saturated heterocycles. The molecule has 2 heterocycles. The molecule has 6 nitrogen and oxygen atoms in total. The van der Waals surface area contributed by atoms with Crippen LogP contribution >= 0.6 is 11.8 Å². The minimum absolute atomic E-state index is 0.0496. The first-order chi connectivity index (χ1) is 9.11. The summed E-state index contributed by atoms with van der Waals surface area (Å²) in [6.45, 7) is 1.47. The molecular weight excluding hydrogens is 264 g/mol. The molecule has 0 spiro atoms. The molecule has 1 atom stereocenters. The highest BCUT2D eigenvalue weighted by molar-refractivity contribution is 7.97. The Kier molecular flexibility index (Phi) is 4.68. The number of carbonyl (C=O) groups excluding carboxylic acids is 1. The highest BCUT2D eigenvalue weighted by Gasteiger charge is 2.29. The van der Waals surface area contributed by atoms with Crippen LogP contribution in [0.2, 0.25) is 0 Å². The molecule has 0 aliphatic carbocycles. The molecule has 1 aromatic heterocycles. The van der Waals surface area contributed by atoms with E-state index in [0.717, 1.165) is 31.0 Å². The van der Waals surface area contributed by atoms with Crippen LogP contribution in [0.15, 0.2) is 4.52 Å². The van der Waals surface area contributed by atoms with Crippen molar-refractivity contribution in [2.24, 2.45) is 0 Å². The van der Waals surface area contributed by atoms with Gasteiger partial charge in [-0.05, 0) is 19.1 Å². The zero-order valence-corrected chi connectivity index (χ0v) is 12.4. The van der Waals surface area contributed by atoms with Crippen molar-refractivity contribution in [3.8, 4) is 0 Å². The van der Waals surface area contributed by atoms with Crippen LogP contribution in [0.3, 0.4) is 0 Å². The Morgan fingerprint density at radius 1 is 1.58 bits per heavy atom. The molecule has 1 unspecified atom stereocenters. The monoisotopic (exact) mass is 284 g/mol. The van der Waals surface area contributed by atoms with Crippen LogP contribution in [-0.2, 0) is 5.75 Å². The van der Waals surface area contributed by atoms with Crippen LogP contribution in [0.1, 0.15) is 30.5 Å². The number of urea groups is 1. The molecule has 7 heteroatoms. The van der Waals surface area contributed by atoms with Gasteiger partial charge in [0.15, 0.2) is 5.82 Å². The molecular formula is C12H20N4O2S. The fraction of sp³-hybridized carbons (Fsp3) is 0.750. The van der Waals surface area contributed by atoms with Crippen molar-refractivity contribution in [3.05, 3.63) is 11.7 Å². The number of aromatic nitrogens is 2. The second-order valence-corrected chi connectivity index (χ2v) is 5.81. The summed E-state index contributed by atoms with van der Waals surface area (Å²) in [5.41, 5.74) is 0. The van der Waals surface area contributed by atoms with E-state index in [0.29, 0.717) is 12.4 Å². The number of hydrogen-bond acceptors (Lipinski definition) is 5. The first-order valence-electron chi connectivity index (χ1n) is 6.39. The average Bonchev–Trinajstić information content (AvgIpc) is 2.87. The summed E-state index contributed by atoms with van der Waals surface area (Å²) < 4.78 is 5.32. The SMILES string of the molecule is CSCc1noc(C2CCCN(C(=O)N(C)C)C2)n1. The van der Waals surface area contributed by atoms with Gasteiger partial charge in [-0.15, -0.1) is 0 Å². The lowest BCUT2D eigenvalue weighted by Crippen LogP contribution is -2.44.